The molecule has 3 nitrogen and oxygen atoms in total. The third kappa shape index (κ3) is 3.23. The molecule has 2 N–H and O–H groups in total. The van der Waals surface area contributed by atoms with E-state index in [1.165, 1.54) is 32.1 Å². The molecule has 0 spiro atoms. The lowest BCUT2D eigenvalue weighted by Gasteiger charge is -2.35. The monoisotopic (exact) mass is 311 g/mol. The first-order valence-electron chi connectivity index (χ1n) is 6.82. The minimum Gasteiger partial charge on any atom is -0.352 e. The van der Waals surface area contributed by atoms with Gasteiger partial charge < -0.3 is 10.6 Å². The fourth-order valence-corrected chi connectivity index (χ4v) is 2.93. The smallest absolute Gasteiger partial charge is 0.129 e. The summed E-state index contributed by atoms with van der Waals surface area (Å²) in [4.78, 5) is 7.09. The van der Waals surface area contributed by atoms with Gasteiger partial charge in [-0.25, -0.2) is 4.98 Å². The molecule has 0 bridgehead atoms. The Morgan fingerprint density at radius 2 is 2.06 bits per heavy atom. The summed E-state index contributed by atoms with van der Waals surface area (Å²) in [7, 11) is 0. The Morgan fingerprint density at radius 3 is 2.67 bits per heavy atom. The average molecular weight is 312 g/mol. The van der Waals surface area contributed by atoms with E-state index < -0.39 is 0 Å². The Hall–Kier alpha value is -0.610. The van der Waals surface area contributed by atoms with Crippen LogP contribution in [-0.4, -0.2) is 24.1 Å². The summed E-state index contributed by atoms with van der Waals surface area (Å²) in [6, 6.07) is 4.81. The van der Waals surface area contributed by atoms with Crippen molar-refractivity contribution in [3.05, 3.63) is 22.3 Å². The van der Waals surface area contributed by atoms with Crippen LogP contribution < -0.4 is 10.6 Å². The third-order valence-electron chi connectivity index (χ3n) is 3.69. The highest BCUT2D eigenvalue weighted by Gasteiger charge is 2.21. The van der Waals surface area contributed by atoms with Crippen molar-refractivity contribution in [1.82, 2.24) is 4.98 Å². The van der Waals surface area contributed by atoms with E-state index in [1.54, 1.807) is 0 Å². The molecule has 1 aromatic heterocycles. The lowest BCUT2D eigenvalue weighted by molar-refractivity contribution is 0.414. The summed E-state index contributed by atoms with van der Waals surface area (Å²) in [5, 5.41) is 0. The molecule has 0 aliphatic heterocycles. The Morgan fingerprint density at radius 1 is 1.33 bits per heavy atom. The van der Waals surface area contributed by atoms with Gasteiger partial charge in [-0.05, 0) is 47.8 Å². The van der Waals surface area contributed by atoms with E-state index in [0.717, 1.165) is 22.5 Å². The molecule has 0 radical (unpaired) electrons. The molecule has 0 saturated heterocycles. The summed E-state index contributed by atoms with van der Waals surface area (Å²) in [5.74, 6) is 1.08. The van der Waals surface area contributed by atoms with Crippen molar-refractivity contribution in [2.24, 2.45) is 5.73 Å². The second kappa shape index (κ2) is 6.53. The maximum absolute atomic E-state index is 5.76. The zero-order chi connectivity index (χ0) is 13.0. The topological polar surface area (TPSA) is 42.2 Å². The van der Waals surface area contributed by atoms with Crippen molar-refractivity contribution in [1.29, 1.82) is 0 Å². The number of nitrogens with two attached hydrogens (primary N) is 1. The van der Waals surface area contributed by atoms with E-state index in [-0.39, 0.29) is 0 Å². The van der Waals surface area contributed by atoms with Crippen molar-refractivity contribution in [3.63, 3.8) is 0 Å². The molecule has 0 unspecified atom stereocenters. The van der Waals surface area contributed by atoms with Gasteiger partial charge in [-0.3, -0.25) is 0 Å². The van der Waals surface area contributed by atoms with Crippen molar-refractivity contribution < 1.29 is 0 Å². The van der Waals surface area contributed by atoms with Gasteiger partial charge in [0, 0.05) is 23.6 Å². The van der Waals surface area contributed by atoms with Crippen LogP contribution in [0.15, 0.2) is 16.6 Å². The van der Waals surface area contributed by atoms with Crippen LogP contribution in [0, 0.1) is 6.92 Å². The van der Waals surface area contributed by atoms with E-state index in [1.807, 2.05) is 6.92 Å². The zero-order valence-corrected chi connectivity index (χ0v) is 12.6. The number of rotatable bonds is 4. The van der Waals surface area contributed by atoms with E-state index in [4.69, 9.17) is 10.7 Å². The molecule has 100 valence electrons. The largest absolute Gasteiger partial charge is 0.352 e. The van der Waals surface area contributed by atoms with Gasteiger partial charge in [0.1, 0.15) is 5.82 Å². The van der Waals surface area contributed by atoms with Crippen molar-refractivity contribution in [2.75, 3.05) is 18.0 Å². The van der Waals surface area contributed by atoms with Crippen LogP contribution in [0.4, 0.5) is 5.82 Å². The van der Waals surface area contributed by atoms with Gasteiger partial charge in [0.15, 0.2) is 0 Å². The molecule has 1 saturated carbocycles. The number of aromatic nitrogens is 1. The highest BCUT2D eigenvalue weighted by Crippen LogP contribution is 2.27. The van der Waals surface area contributed by atoms with Gasteiger partial charge in [0.05, 0.1) is 5.69 Å². The van der Waals surface area contributed by atoms with E-state index >= 15 is 0 Å². The van der Waals surface area contributed by atoms with Gasteiger partial charge in [-0.2, -0.15) is 0 Å². The molecular weight excluding hydrogens is 290 g/mol. The minimum absolute atomic E-state index is 0.621. The zero-order valence-electron chi connectivity index (χ0n) is 11.0. The summed E-state index contributed by atoms with van der Waals surface area (Å²) in [6.45, 7) is 3.63. The molecule has 1 fully saturated rings. The fourth-order valence-electron chi connectivity index (χ4n) is 2.71. The molecule has 2 rings (SSSR count). The van der Waals surface area contributed by atoms with E-state index in [0.29, 0.717) is 12.6 Å². The van der Waals surface area contributed by atoms with Crippen LogP contribution in [-0.2, 0) is 0 Å². The molecular formula is C14H22BrN3. The van der Waals surface area contributed by atoms with Crippen LogP contribution in [0.5, 0.6) is 0 Å². The SMILES string of the molecule is Cc1nc(N(CCN)C2CCCCC2)ccc1Br. The molecule has 1 aromatic rings. The number of halogens is 1. The average Bonchev–Trinajstić information content (AvgIpc) is 2.40. The van der Waals surface area contributed by atoms with Crippen molar-refractivity contribution >= 4 is 21.7 Å². The summed E-state index contributed by atoms with van der Waals surface area (Å²) >= 11 is 3.51. The molecule has 1 aliphatic rings. The molecule has 0 atom stereocenters. The number of hydrogen-bond donors (Lipinski definition) is 1. The Bertz CT molecular complexity index is 389. The van der Waals surface area contributed by atoms with Gasteiger partial charge >= 0.3 is 0 Å². The minimum atomic E-state index is 0.621. The first kappa shape index (κ1) is 13.8. The lowest BCUT2D eigenvalue weighted by atomic mass is 9.94. The summed E-state index contributed by atoms with van der Waals surface area (Å²) < 4.78 is 1.07. The number of aryl methyl sites for hydroxylation is 1. The highest BCUT2D eigenvalue weighted by atomic mass is 79.9. The number of hydrogen-bond acceptors (Lipinski definition) is 3. The summed E-state index contributed by atoms with van der Waals surface area (Å²) in [6.07, 6.45) is 6.59. The van der Waals surface area contributed by atoms with Gasteiger partial charge in [-0.15, -0.1) is 0 Å². The lowest BCUT2D eigenvalue weighted by Crippen LogP contribution is -2.40. The predicted molar refractivity (Wildman–Crippen MR) is 79.9 cm³/mol. The predicted octanol–water partition coefficient (Wildman–Crippen LogP) is 3.25. The molecule has 18 heavy (non-hydrogen) atoms. The van der Waals surface area contributed by atoms with Crippen molar-refractivity contribution in [3.8, 4) is 0 Å². The fraction of sp³-hybridized carbons (Fsp3) is 0.643. The maximum Gasteiger partial charge on any atom is 0.129 e. The maximum atomic E-state index is 5.76. The van der Waals surface area contributed by atoms with Gasteiger partial charge in [0.2, 0.25) is 0 Å². The quantitative estimate of drug-likeness (QED) is 0.928. The summed E-state index contributed by atoms with van der Waals surface area (Å²) in [5.41, 5.74) is 6.81. The molecule has 0 aromatic carbocycles. The molecule has 0 amide bonds. The molecule has 1 heterocycles. The van der Waals surface area contributed by atoms with E-state index in [2.05, 4.69) is 33.0 Å². The van der Waals surface area contributed by atoms with Crippen molar-refractivity contribution in [2.45, 2.75) is 45.1 Å². The second-order valence-electron chi connectivity index (χ2n) is 5.01. The normalized spacial score (nSPS) is 16.8. The Labute approximate surface area is 118 Å². The van der Waals surface area contributed by atoms with Crippen LogP contribution in [0.25, 0.3) is 0 Å². The van der Waals surface area contributed by atoms with Crippen LogP contribution in [0.1, 0.15) is 37.8 Å². The van der Waals surface area contributed by atoms with Crippen LogP contribution in [0.2, 0.25) is 0 Å². The Kier molecular flexibility index (Phi) is 5.01. The third-order valence-corrected chi connectivity index (χ3v) is 4.52. The molecule has 1 aliphatic carbocycles. The van der Waals surface area contributed by atoms with E-state index in [9.17, 15) is 0 Å². The Balaban J connectivity index is 2.19. The second-order valence-corrected chi connectivity index (χ2v) is 5.86. The van der Waals surface area contributed by atoms with Crippen LogP contribution >= 0.6 is 15.9 Å². The standard InChI is InChI=1S/C14H22BrN3/c1-11-13(15)7-8-14(17-11)18(10-9-16)12-5-3-2-4-6-12/h7-8,12H,2-6,9-10,16H2,1H3. The van der Waals surface area contributed by atoms with Gasteiger partial charge in [-0.1, -0.05) is 19.3 Å². The first-order chi connectivity index (χ1) is 8.72. The highest BCUT2D eigenvalue weighted by molar-refractivity contribution is 9.10. The number of anilines is 1. The number of pyridine rings is 1. The molecule has 4 heteroatoms. The van der Waals surface area contributed by atoms with Gasteiger partial charge in [0.25, 0.3) is 0 Å². The van der Waals surface area contributed by atoms with Crippen LogP contribution in [0.3, 0.4) is 0 Å². The first-order valence-corrected chi connectivity index (χ1v) is 7.61. The number of nitrogens with zero attached hydrogens (tertiary/aromatic N) is 2.